The van der Waals surface area contributed by atoms with Crippen LogP contribution in [0.5, 0.6) is 0 Å². The zero-order valence-corrected chi connectivity index (χ0v) is 15.5. The van der Waals surface area contributed by atoms with Crippen LogP contribution in [0.25, 0.3) is 0 Å². The first-order valence-electron chi connectivity index (χ1n) is 7.67. The number of rotatable bonds is 6. The Labute approximate surface area is 159 Å². The Hall–Kier alpha value is -2.10. The Morgan fingerprint density at radius 2 is 1.81 bits per heavy atom. The van der Waals surface area contributed by atoms with Crippen LogP contribution in [0.4, 0.5) is 13.2 Å². The van der Waals surface area contributed by atoms with Gasteiger partial charge in [0.15, 0.2) is 0 Å². The summed E-state index contributed by atoms with van der Waals surface area (Å²) in [6.07, 6.45) is -4.76. The molecule has 2 aromatic rings. The van der Waals surface area contributed by atoms with E-state index in [9.17, 15) is 26.4 Å². The highest BCUT2D eigenvalue weighted by molar-refractivity contribution is 7.89. The standard InChI is InChI=1S/C17H15ClF3NO4S/c1-2-26-16(23)15(11-6-4-3-5-7-11)22-27(24,25)14-10-12(17(19,20)21)8-9-13(14)18/h3-10,15,22H,2H2,1H3. The van der Waals surface area contributed by atoms with Gasteiger partial charge in [-0.2, -0.15) is 17.9 Å². The lowest BCUT2D eigenvalue weighted by Gasteiger charge is -2.19. The van der Waals surface area contributed by atoms with Crippen molar-refractivity contribution < 1.29 is 31.1 Å². The number of hydrogen-bond donors (Lipinski definition) is 1. The largest absolute Gasteiger partial charge is 0.465 e. The second-order valence-corrected chi connectivity index (χ2v) is 7.45. The van der Waals surface area contributed by atoms with Gasteiger partial charge in [-0.25, -0.2) is 13.2 Å². The molecular weight excluding hydrogens is 407 g/mol. The number of carbonyl (C=O) groups is 1. The van der Waals surface area contributed by atoms with Gasteiger partial charge in [-0.05, 0) is 30.7 Å². The molecule has 0 fully saturated rings. The van der Waals surface area contributed by atoms with Gasteiger partial charge >= 0.3 is 12.1 Å². The second-order valence-electron chi connectivity index (χ2n) is 5.36. The first-order valence-corrected chi connectivity index (χ1v) is 9.53. The molecule has 0 bridgehead atoms. The van der Waals surface area contributed by atoms with E-state index in [1.165, 1.54) is 19.1 Å². The third kappa shape index (κ3) is 5.21. The predicted octanol–water partition coefficient (Wildman–Crippen LogP) is 3.94. The molecule has 146 valence electrons. The number of sulfonamides is 1. The minimum absolute atomic E-state index is 0.00574. The van der Waals surface area contributed by atoms with Crippen molar-refractivity contribution in [2.45, 2.75) is 24.0 Å². The van der Waals surface area contributed by atoms with Crippen LogP contribution in [-0.2, 0) is 25.7 Å². The minimum atomic E-state index is -4.76. The maximum Gasteiger partial charge on any atom is 0.416 e. The minimum Gasteiger partial charge on any atom is -0.465 e. The average molecular weight is 422 g/mol. The zero-order chi connectivity index (χ0) is 20.2. The van der Waals surface area contributed by atoms with E-state index in [0.29, 0.717) is 12.1 Å². The SMILES string of the molecule is CCOC(=O)C(NS(=O)(=O)c1cc(C(F)(F)F)ccc1Cl)c1ccccc1. The van der Waals surface area contributed by atoms with Gasteiger partial charge in [-0.3, -0.25) is 0 Å². The molecule has 0 amide bonds. The first kappa shape index (κ1) is 21.2. The molecule has 2 aromatic carbocycles. The number of nitrogens with one attached hydrogen (secondary N) is 1. The van der Waals surface area contributed by atoms with Gasteiger partial charge in [-0.15, -0.1) is 0 Å². The maximum absolute atomic E-state index is 12.9. The van der Waals surface area contributed by atoms with E-state index in [-0.39, 0.29) is 12.2 Å². The monoisotopic (exact) mass is 421 g/mol. The number of hydrogen-bond acceptors (Lipinski definition) is 4. The lowest BCUT2D eigenvalue weighted by atomic mass is 10.1. The van der Waals surface area contributed by atoms with Crippen LogP contribution in [0, 0.1) is 0 Å². The van der Waals surface area contributed by atoms with Crippen molar-refractivity contribution in [1.29, 1.82) is 0 Å². The molecule has 1 atom stereocenters. The summed E-state index contributed by atoms with van der Waals surface area (Å²) >= 11 is 5.80. The molecule has 0 aliphatic carbocycles. The molecule has 1 unspecified atom stereocenters. The van der Waals surface area contributed by atoms with Crippen molar-refractivity contribution in [1.82, 2.24) is 4.72 Å². The van der Waals surface area contributed by atoms with Crippen LogP contribution in [-0.4, -0.2) is 21.0 Å². The predicted molar refractivity (Wildman–Crippen MR) is 92.6 cm³/mol. The zero-order valence-electron chi connectivity index (χ0n) is 14.0. The highest BCUT2D eigenvalue weighted by atomic mass is 35.5. The number of halogens is 4. The fourth-order valence-corrected chi connectivity index (χ4v) is 3.93. The summed E-state index contributed by atoms with van der Waals surface area (Å²) in [6, 6.07) is 8.25. The summed E-state index contributed by atoms with van der Waals surface area (Å²) in [5.74, 6) is -0.893. The number of ether oxygens (including phenoxy) is 1. The highest BCUT2D eigenvalue weighted by Crippen LogP contribution is 2.33. The third-order valence-corrected chi connectivity index (χ3v) is 5.38. The van der Waals surface area contributed by atoms with Crippen LogP contribution in [0.2, 0.25) is 5.02 Å². The molecule has 10 heteroatoms. The van der Waals surface area contributed by atoms with Gasteiger partial charge in [0, 0.05) is 0 Å². The molecule has 1 N–H and O–H groups in total. The van der Waals surface area contributed by atoms with Crippen LogP contribution in [0.1, 0.15) is 24.1 Å². The molecule has 0 aliphatic rings. The quantitative estimate of drug-likeness (QED) is 0.717. The van der Waals surface area contributed by atoms with Crippen LogP contribution in [0.15, 0.2) is 53.4 Å². The van der Waals surface area contributed by atoms with Crippen LogP contribution >= 0.6 is 11.6 Å². The third-order valence-electron chi connectivity index (χ3n) is 3.48. The van der Waals surface area contributed by atoms with Crippen molar-refractivity contribution in [3.05, 3.63) is 64.7 Å². The van der Waals surface area contributed by atoms with Gasteiger partial charge < -0.3 is 4.74 Å². The van der Waals surface area contributed by atoms with Crippen molar-refractivity contribution >= 4 is 27.6 Å². The van der Waals surface area contributed by atoms with Crippen molar-refractivity contribution in [3.63, 3.8) is 0 Å². The van der Waals surface area contributed by atoms with Gasteiger partial charge in [0.05, 0.1) is 17.2 Å². The average Bonchev–Trinajstić information content (AvgIpc) is 2.60. The molecule has 0 saturated carbocycles. The molecule has 0 spiro atoms. The highest BCUT2D eigenvalue weighted by Gasteiger charge is 2.34. The maximum atomic E-state index is 12.9. The van der Waals surface area contributed by atoms with Gasteiger partial charge in [0.1, 0.15) is 10.9 Å². The Balaban J connectivity index is 2.47. The van der Waals surface area contributed by atoms with E-state index >= 15 is 0 Å². The molecule has 0 radical (unpaired) electrons. The van der Waals surface area contributed by atoms with Gasteiger partial charge in [0.2, 0.25) is 10.0 Å². The van der Waals surface area contributed by atoms with Crippen molar-refractivity contribution in [3.8, 4) is 0 Å². The van der Waals surface area contributed by atoms with E-state index < -0.39 is 43.7 Å². The summed E-state index contributed by atoms with van der Waals surface area (Å²) < 4.78 is 71.0. The lowest BCUT2D eigenvalue weighted by molar-refractivity contribution is -0.145. The Morgan fingerprint density at radius 3 is 2.37 bits per heavy atom. The normalized spacial score (nSPS) is 13.2. The Kier molecular flexibility index (Phi) is 6.50. The van der Waals surface area contributed by atoms with Gasteiger partial charge in [0.25, 0.3) is 0 Å². The number of benzene rings is 2. The van der Waals surface area contributed by atoms with Gasteiger partial charge in [-0.1, -0.05) is 41.9 Å². The summed E-state index contributed by atoms with van der Waals surface area (Å²) in [5, 5.41) is -0.411. The van der Waals surface area contributed by atoms with Crippen molar-refractivity contribution in [2.75, 3.05) is 6.61 Å². The van der Waals surface area contributed by atoms with Crippen LogP contribution in [0.3, 0.4) is 0 Å². The van der Waals surface area contributed by atoms with Crippen molar-refractivity contribution in [2.24, 2.45) is 0 Å². The lowest BCUT2D eigenvalue weighted by Crippen LogP contribution is -2.35. The van der Waals surface area contributed by atoms with E-state index in [1.807, 2.05) is 0 Å². The summed E-state index contributed by atoms with van der Waals surface area (Å²) in [6.45, 7) is 1.53. The Morgan fingerprint density at radius 1 is 1.19 bits per heavy atom. The number of carbonyl (C=O) groups excluding carboxylic acids is 1. The summed E-state index contributed by atoms with van der Waals surface area (Å²) in [4.78, 5) is 11.4. The summed E-state index contributed by atoms with van der Waals surface area (Å²) in [5.41, 5.74) is -0.915. The molecule has 2 rings (SSSR count). The number of esters is 1. The van der Waals surface area contributed by atoms with E-state index in [0.717, 1.165) is 6.07 Å². The molecule has 0 aromatic heterocycles. The van der Waals surface area contributed by atoms with E-state index in [4.69, 9.17) is 16.3 Å². The van der Waals surface area contributed by atoms with E-state index in [2.05, 4.69) is 4.72 Å². The first-order chi connectivity index (χ1) is 12.6. The molecular formula is C17H15ClF3NO4S. The fourth-order valence-electron chi connectivity index (χ4n) is 2.23. The number of alkyl halides is 3. The van der Waals surface area contributed by atoms with E-state index in [1.54, 1.807) is 18.2 Å². The molecule has 0 saturated heterocycles. The second kappa shape index (κ2) is 8.28. The topological polar surface area (TPSA) is 72.5 Å². The Bertz CT molecular complexity index is 918. The molecule has 5 nitrogen and oxygen atoms in total. The molecule has 27 heavy (non-hydrogen) atoms. The fraction of sp³-hybridized carbons (Fsp3) is 0.235. The summed E-state index contributed by atoms with van der Waals surface area (Å²) in [7, 11) is -4.57. The molecule has 0 aliphatic heterocycles. The van der Waals surface area contributed by atoms with Crippen LogP contribution < -0.4 is 4.72 Å². The smallest absolute Gasteiger partial charge is 0.416 e. The molecule has 0 heterocycles.